The predicted molar refractivity (Wildman–Crippen MR) is 70.0 cm³/mol. The van der Waals surface area contributed by atoms with Gasteiger partial charge in [-0.15, -0.1) is 0 Å². The molecule has 106 valence electrons. The molecule has 18 heavy (non-hydrogen) atoms. The van der Waals surface area contributed by atoms with Gasteiger partial charge < -0.3 is 20.9 Å². The van der Waals surface area contributed by atoms with E-state index in [0.29, 0.717) is 25.5 Å². The Morgan fingerprint density at radius 1 is 1.50 bits per heavy atom. The van der Waals surface area contributed by atoms with Crippen LogP contribution in [-0.2, 0) is 9.53 Å². The number of carbonyl (C=O) groups excluding carboxylic acids is 1. The minimum absolute atomic E-state index is 0.0294. The van der Waals surface area contributed by atoms with Crippen molar-refractivity contribution in [1.29, 1.82) is 0 Å². The van der Waals surface area contributed by atoms with E-state index in [1.807, 2.05) is 0 Å². The number of hydrogen-bond acceptors (Lipinski definition) is 4. The summed E-state index contributed by atoms with van der Waals surface area (Å²) < 4.78 is 5.05. The molecule has 0 aliphatic heterocycles. The van der Waals surface area contributed by atoms with Gasteiger partial charge in [0.2, 0.25) is 5.91 Å². The zero-order valence-electron chi connectivity index (χ0n) is 11.2. The Balaban J connectivity index is 2.50. The fourth-order valence-electron chi connectivity index (χ4n) is 2.70. The summed E-state index contributed by atoms with van der Waals surface area (Å²) in [6.07, 6.45) is 4.77. The van der Waals surface area contributed by atoms with Crippen LogP contribution in [0.5, 0.6) is 0 Å². The van der Waals surface area contributed by atoms with Crippen LogP contribution < -0.4 is 11.1 Å². The number of ether oxygens (including phenoxy) is 1. The molecule has 0 saturated heterocycles. The molecule has 1 amide bonds. The Hall–Kier alpha value is -0.650. The van der Waals surface area contributed by atoms with E-state index in [1.165, 1.54) is 6.42 Å². The van der Waals surface area contributed by atoms with Crippen LogP contribution in [0, 0.1) is 11.8 Å². The molecule has 5 nitrogen and oxygen atoms in total. The normalized spacial score (nSPS) is 25.7. The van der Waals surface area contributed by atoms with Crippen LogP contribution in [-0.4, -0.2) is 43.9 Å². The number of amides is 1. The molecule has 5 heteroatoms. The van der Waals surface area contributed by atoms with E-state index in [4.69, 9.17) is 15.6 Å². The van der Waals surface area contributed by atoms with E-state index in [1.54, 1.807) is 7.11 Å². The summed E-state index contributed by atoms with van der Waals surface area (Å²) >= 11 is 0. The number of nitrogens with two attached hydrogens (primary N) is 1. The number of methoxy groups -OCH3 is 1. The lowest BCUT2D eigenvalue weighted by atomic mass is 9.78. The number of aliphatic hydroxyl groups is 1. The summed E-state index contributed by atoms with van der Waals surface area (Å²) in [6, 6.07) is -0.104. The van der Waals surface area contributed by atoms with Gasteiger partial charge in [0.15, 0.2) is 0 Å². The van der Waals surface area contributed by atoms with Crippen molar-refractivity contribution in [2.45, 2.75) is 38.1 Å². The van der Waals surface area contributed by atoms with E-state index in [2.05, 4.69) is 5.32 Å². The van der Waals surface area contributed by atoms with E-state index < -0.39 is 0 Å². The van der Waals surface area contributed by atoms with Crippen molar-refractivity contribution >= 4 is 5.91 Å². The monoisotopic (exact) mass is 258 g/mol. The van der Waals surface area contributed by atoms with E-state index in [0.717, 1.165) is 19.3 Å². The van der Waals surface area contributed by atoms with Crippen molar-refractivity contribution in [3.63, 3.8) is 0 Å². The van der Waals surface area contributed by atoms with E-state index in [9.17, 15) is 4.79 Å². The van der Waals surface area contributed by atoms with Crippen molar-refractivity contribution in [3.05, 3.63) is 0 Å². The van der Waals surface area contributed by atoms with Crippen LogP contribution in [0.15, 0.2) is 0 Å². The number of nitrogens with one attached hydrogen (secondary N) is 1. The summed E-state index contributed by atoms with van der Waals surface area (Å²) in [4.78, 5) is 12.2. The van der Waals surface area contributed by atoms with Crippen LogP contribution >= 0.6 is 0 Å². The van der Waals surface area contributed by atoms with Crippen LogP contribution in [0.3, 0.4) is 0 Å². The minimum Gasteiger partial charge on any atom is -0.396 e. The molecule has 0 heterocycles. The van der Waals surface area contributed by atoms with Gasteiger partial charge in [-0.2, -0.15) is 0 Å². The summed E-state index contributed by atoms with van der Waals surface area (Å²) in [5, 5.41) is 11.9. The van der Waals surface area contributed by atoms with Crippen LogP contribution in [0.25, 0.3) is 0 Å². The Morgan fingerprint density at radius 2 is 2.22 bits per heavy atom. The van der Waals surface area contributed by atoms with Crippen molar-refractivity contribution in [2.75, 3.05) is 26.9 Å². The summed E-state index contributed by atoms with van der Waals surface area (Å²) in [7, 11) is 1.60. The van der Waals surface area contributed by atoms with E-state index >= 15 is 0 Å². The Labute approximate surface area is 109 Å². The zero-order valence-corrected chi connectivity index (χ0v) is 11.2. The molecule has 1 fully saturated rings. The third kappa shape index (κ3) is 4.55. The van der Waals surface area contributed by atoms with Crippen LogP contribution in [0.2, 0.25) is 0 Å². The van der Waals surface area contributed by atoms with Crippen LogP contribution in [0.4, 0.5) is 0 Å². The molecule has 0 spiro atoms. The highest BCUT2D eigenvalue weighted by atomic mass is 16.5. The molecule has 3 unspecified atom stereocenters. The van der Waals surface area contributed by atoms with Crippen molar-refractivity contribution in [3.8, 4) is 0 Å². The molecule has 0 radical (unpaired) electrons. The molecule has 1 aliphatic carbocycles. The lowest BCUT2D eigenvalue weighted by molar-refractivity contribution is -0.128. The average Bonchev–Trinajstić information content (AvgIpc) is 2.39. The summed E-state index contributed by atoms with van der Waals surface area (Å²) in [5.41, 5.74) is 5.73. The maximum Gasteiger partial charge on any atom is 0.223 e. The third-order valence-electron chi connectivity index (χ3n) is 3.74. The maximum absolute atomic E-state index is 12.2. The van der Waals surface area contributed by atoms with Gasteiger partial charge in [0, 0.05) is 19.6 Å². The third-order valence-corrected chi connectivity index (χ3v) is 3.74. The molecule has 3 atom stereocenters. The smallest absolute Gasteiger partial charge is 0.223 e. The zero-order chi connectivity index (χ0) is 13.4. The molecular formula is C13H26N2O3. The SMILES string of the molecule is COCC(CCO)NC(=O)C1CCCCC1CN. The van der Waals surface area contributed by atoms with Gasteiger partial charge in [-0.05, 0) is 31.7 Å². The highest BCUT2D eigenvalue weighted by Crippen LogP contribution is 2.29. The fourth-order valence-corrected chi connectivity index (χ4v) is 2.70. The molecular weight excluding hydrogens is 232 g/mol. The van der Waals surface area contributed by atoms with Gasteiger partial charge in [0.05, 0.1) is 12.6 Å². The first-order valence-electron chi connectivity index (χ1n) is 6.83. The first-order valence-corrected chi connectivity index (χ1v) is 6.83. The quantitative estimate of drug-likeness (QED) is 0.612. The second kappa shape index (κ2) is 8.45. The topological polar surface area (TPSA) is 84.6 Å². The second-order valence-electron chi connectivity index (χ2n) is 5.06. The molecule has 0 bridgehead atoms. The number of hydrogen-bond donors (Lipinski definition) is 3. The predicted octanol–water partition coefficient (Wildman–Crippen LogP) is 0.265. The first kappa shape index (κ1) is 15.4. The first-order chi connectivity index (χ1) is 8.72. The van der Waals surface area contributed by atoms with Crippen molar-refractivity contribution < 1.29 is 14.6 Å². The second-order valence-corrected chi connectivity index (χ2v) is 5.06. The molecule has 4 N–H and O–H groups in total. The molecule has 0 aromatic rings. The standard InChI is InChI=1S/C13H26N2O3/c1-18-9-11(6-7-16)15-13(17)12-5-3-2-4-10(12)8-14/h10-12,16H,2-9,14H2,1H3,(H,15,17). The molecule has 1 aliphatic rings. The highest BCUT2D eigenvalue weighted by molar-refractivity contribution is 5.79. The molecule has 1 rings (SSSR count). The molecule has 0 aromatic carbocycles. The Bertz CT molecular complexity index is 242. The van der Waals surface area contributed by atoms with Crippen molar-refractivity contribution in [1.82, 2.24) is 5.32 Å². The van der Waals surface area contributed by atoms with Gasteiger partial charge in [0.25, 0.3) is 0 Å². The number of rotatable bonds is 7. The minimum atomic E-state index is -0.104. The lowest BCUT2D eigenvalue weighted by Gasteiger charge is -2.31. The Morgan fingerprint density at radius 3 is 2.83 bits per heavy atom. The van der Waals surface area contributed by atoms with Crippen LogP contribution in [0.1, 0.15) is 32.1 Å². The summed E-state index contributed by atoms with van der Waals surface area (Å²) in [5.74, 6) is 0.401. The van der Waals surface area contributed by atoms with E-state index in [-0.39, 0.29) is 24.5 Å². The van der Waals surface area contributed by atoms with Gasteiger partial charge in [-0.3, -0.25) is 4.79 Å². The maximum atomic E-state index is 12.2. The number of aliphatic hydroxyl groups excluding tert-OH is 1. The number of carbonyl (C=O) groups is 1. The molecule has 1 saturated carbocycles. The molecule has 0 aromatic heterocycles. The van der Waals surface area contributed by atoms with Crippen molar-refractivity contribution in [2.24, 2.45) is 17.6 Å². The van der Waals surface area contributed by atoms with Gasteiger partial charge in [-0.25, -0.2) is 0 Å². The van der Waals surface area contributed by atoms with Gasteiger partial charge >= 0.3 is 0 Å². The Kier molecular flexibility index (Phi) is 7.23. The lowest BCUT2D eigenvalue weighted by Crippen LogP contribution is -2.45. The highest BCUT2D eigenvalue weighted by Gasteiger charge is 2.30. The van der Waals surface area contributed by atoms with Gasteiger partial charge in [-0.1, -0.05) is 12.8 Å². The van der Waals surface area contributed by atoms with Gasteiger partial charge in [0.1, 0.15) is 0 Å². The average molecular weight is 258 g/mol. The summed E-state index contributed by atoms with van der Waals surface area (Å²) in [6.45, 7) is 1.07. The largest absolute Gasteiger partial charge is 0.396 e. The fraction of sp³-hybridized carbons (Fsp3) is 0.923.